The maximum atomic E-state index is 13.1. The standard InChI is InChI=1S/C23H28N2O6S/c1-29-19-10-7-17(21(16-19)31-3)8-12-23(26)24-18-9-11-20(30-2)22(15-18)32(27,28)25-13-5-4-6-14-25/h7-12,15-16H,4-6,13-14H2,1-3H3,(H,24,26). The lowest BCUT2D eigenvalue weighted by Gasteiger charge is -2.26. The number of carbonyl (C=O) groups excluding carboxylic acids is 1. The van der Waals surface area contributed by atoms with E-state index in [1.54, 1.807) is 43.5 Å². The van der Waals surface area contributed by atoms with Crippen LogP contribution in [0.4, 0.5) is 5.69 Å². The zero-order chi connectivity index (χ0) is 23.1. The van der Waals surface area contributed by atoms with Gasteiger partial charge in [-0.15, -0.1) is 0 Å². The van der Waals surface area contributed by atoms with Gasteiger partial charge in [-0.05, 0) is 49.2 Å². The summed E-state index contributed by atoms with van der Waals surface area (Å²) in [4.78, 5) is 12.5. The predicted molar refractivity (Wildman–Crippen MR) is 123 cm³/mol. The number of carbonyl (C=O) groups is 1. The molecular weight excluding hydrogens is 432 g/mol. The molecular formula is C23H28N2O6S. The topological polar surface area (TPSA) is 94.2 Å². The van der Waals surface area contributed by atoms with E-state index in [1.807, 2.05) is 0 Å². The van der Waals surface area contributed by atoms with Crippen LogP contribution in [0.25, 0.3) is 6.08 Å². The molecule has 0 spiro atoms. The van der Waals surface area contributed by atoms with E-state index in [0.717, 1.165) is 19.3 Å². The number of amides is 1. The number of nitrogens with zero attached hydrogens (tertiary/aromatic N) is 1. The van der Waals surface area contributed by atoms with Crippen LogP contribution in [0.3, 0.4) is 0 Å². The number of anilines is 1. The Morgan fingerprint density at radius 3 is 2.31 bits per heavy atom. The molecule has 32 heavy (non-hydrogen) atoms. The SMILES string of the molecule is COc1ccc(C=CC(=O)Nc2ccc(OC)c(S(=O)(=O)N3CCCCC3)c2)c(OC)c1. The number of rotatable bonds is 8. The summed E-state index contributed by atoms with van der Waals surface area (Å²) in [7, 11) is 0.798. The number of nitrogens with one attached hydrogen (secondary N) is 1. The van der Waals surface area contributed by atoms with Crippen molar-refractivity contribution in [2.45, 2.75) is 24.2 Å². The van der Waals surface area contributed by atoms with E-state index < -0.39 is 15.9 Å². The zero-order valence-corrected chi connectivity index (χ0v) is 19.3. The van der Waals surface area contributed by atoms with Crippen molar-refractivity contribution in [3.8, 4) is 17.2 Å². The second kappa shape index (κ2) is 10.5. The van der Waals surface area contributed by atoms with Gasteiger partial charge in [-0.3, -0.25) is 4.79 Å². The molecule has 172 valence electrons. The first-order valence-corrected chi connectivity index (χ1v) is 11.7. The van der Waals surface area contributed by atoms with Crippen LogP contribution in [0, 0.1) is 0 Å². The first-order valence-electron chi connectivity index (χ1n) is 10.3. The maximum absolute atomic E-state index is 13.1. The number of benzene rings is 2. The van der Waals surface area contributed by atoms with E-state index in [1.165, 1.54) is 30.7 Å². The molecule has 1 aliphatic rings. The third-order valence-electron chi connectivity index (χ3n) is 5.22. The zero-order valence-electron chi connectivity index (χ0n) is 18.5. The molecule has 0 radical (unpaired) electrons. The highest BCUT2D eigenvalue weighted by atomic mass is 32.2. The highest BCUT2D eigenvalue weighted by Crippen LogP contribution is 2.31. The van der Waals surface area contributed by atoms with Crippen LogP contribution in [0.2, 0.25) is 0 Å². The largest absolute Gasteiger partial charge is 0.497 e. The lowest BCUT2D eigenvalue weighted by molar-refractivity contribution is -0.111. The van der Waals surface area contributed by atoms with Gasteiger partial charge < -0.3 is 19.5 Å². The number of sulfonamides is 1. The summed E-state index contributed by atoms with van der Waals surface area (Å²) < 4.78 is 43.5. The third-order valence-corrected chi connectivity index (χ3v) is 7.14. The highest BCUT2D eigenvalue weighted by Gasteiger charge is 2.29. The molecule has 2 aromatic carbocycles. The van der Waals surface area contributed by atoms with E-state index in [4.69, 9.17) is 14.2 Å². The predicted octanol–water partition coefficient (Wildman–Crippen LogP) is 3.54. The Morgan fingerprint density at radius 1 is 0.938 bits per heavy atom. The Hall–Kier alpha value is -3.04. The van der Waals surface area contributed by atoms with Gasteiger partial charge in [0.15, 0.2) is 0 Å². The normalized spacial score (nSPS) is 14.8. The highest BCUT2D eigenvalue weighted by molar-refractivity contribution is 7.89. The summed E-state index contributed by atoms with van der Waals surface area (Å²) in [6, 6.07) is 9.84. The molecule has 0 atom stereocenters. The van der Waals surface area contributed by atoms with Crippen LogP contribution in [0.15, 0.2) is 47.4 Å². The monoisotopic (exact) mass is 460 g/mol. The van der Waals surface area contributed by atoms with Gasteiger partial charge in [0.05, 0.1) is 21.3 Å². The molecule has 1 aliphatic heterocycles. The van der Waals surface area contributed by atoms with Crippen molar-refractivity contribution in [1.82, 2.24) is 4.31 Å². The summed E-state index contributed by atoms with van der Waals surface area (Å²) >= 11 is 0. The van der Waals surface area contributed by atoms with Gasteiger partial charge in [-0.25, -0.2) is 8.42 Å². The Balaban J connectivity index is 1.80. The molecule has 1 amide bonds. The van der Waals surface area contributed by atoms with Crippen LogP contribution in [-0.2, 0) is 14.8 Å². The number of piperidine rings is 1. The fraction of sp³-hybridized carbons (Fsp3) is 0.348. The smallest absolute Gasteiger partial charge is 0.248 e. The van der Waals surface area contributed by atoms with Gasteiger partial charge in [0.25, 0.3) is 0 Å². The van der Waals surface area contributed by atoms with Crippen molar-refractivity contribution in [3.05, 3.63) is 48.0 Å². The minimum Gasteiger partial charge on any atom is -0.497 e. The number of ether oxygens (including phenoxy) is 3. The van der Waals surface area contributed by atoms with Crippen LogP contribution < -0.4 is 19.5 Å². The summed E-state index contributed by atoms with van der Waals surface area (Å²) in [5, 5.41) is 2.71. The van der Waals surface area contributed by atoms with Gasteiger partial charge in [0.2, 0.25) is 15.9 Å². The molecule has 8 nitrogen and oxygen atoms in total. The number of hydrogen-bond acceptors (Lipinski definition) is 6. The Kier molecular flexibility index (Phi) is 7.76. The first-order chi connectivity index (χ1) is 15.4. The summed E-state index contributed by atoms with van der Waals surface area (Å²) in [6.07, 6.45) is 5.65. The van der Waals surface area contributed by atoms with Crippen LogP contribution in [-0.4, -0.2) is 53.0 Å². The van der Waals surface area contributed by atoms with Crippen molar-refractivity contribution >= 4 is 27.7 Å². The van der Waals surface area contributed by atoms with Crippen molar-refractivity contribution in [1.29, 1.82) is 0 Å². The molecule has 0 saturated carbocycles. The van der Waals surface area contributed by atoms with E-state index in [-0.39, 0.29) is 10.6 Å². The number of methoxy groups -OCH3 is 3. The van der Waals surface area contributed by atoms with E-state index in [9.17, 15) is 13.2 Å². The Morgan fingerprint density at radius 2 is 1.66 bits per heavy atom. The van der Waals surface area contributed by atoms with Crippen LogP contribution >= 0.6 is 0 Å². The fourth-order valence-corrected chi connectivity index (χ4v) is 5.20. The minimum absolute atomic E-state index is 0.0421. The average molecular weight is 461 g/mol. The second-order valence-electron chi connectivity index (χ2n) is 7.26. The van der Waals surface area contributed by atoms with Crippen molar-refractivity contribution < 1.29 is 27.4 Å². The van der Waals surface area contributed by atoms with Crippen molar-refractivity contribution in [3.63, 3.8) is 0 Å². The molecule has 1 saturated heterocycles. The Labute approximate surface area is 188 Å². The van der Waals surface area contributed by atoms with Crippen molar-refractivity contribution in [2.75, 3.05) is 39.7 Å². The number of hydrogen-bond donors (Lipinski definition) is 1. The van der Waals surface area contributed by atoms with Gasteiger partial charge in [-0.2, -0.15) is 4.31 Å². The molecule has 9 heteroatoms. The molecule has 1 N–H and O–H groups in total. The maximum Gasteiger partial charge on any atom is 0.248 e. The first kappa shape index (κ1) is 23.6. The Bertz CT molecular complexity index is 1090. The lowest BCUT2D eigenvalue weighted by atomic mass is 10.1. The quantitative estimate of drug-likeness (QED) is 0.606. The second-order valence-corrected chi connectivity index (χ2v) is 9.17. The molecule has 0 unspecified atom stereocenters. The fourth-order valence-electron chi connectivity index (χ4n) is 3.51. The van der Waals surface area contributed by atoms with Gasteiger partial charge in [0.1, 0.15) is 22.1 Å². The molecule has 1 fully saturated rings. The van der Waals surface area contributed by atoms with Gasteiger partial charge in [0, 0.05) is 36.5 Å². The van der Waals surface area contributed by atoms with E-state index >= 15 is 0 Å². The summed E-state index contributed by atoms with van der Waals surface area (Å²) in [5.74, 6) is 1.04. The molecule has 0 bridgehead atoms. The van der Waals surface area contributed by atoms with Crippen LogP contribution in [0.1, 0.15) is 24.8 Å². The van der Waals surface area contributed by atoms with Gasteiger partial charge in [-0.1, -0.05) is 6.42 Å². The van der Waals surface area contributed by atoms with E-state index in [2.05, 4.69) is 5.32 Å². The molecule has 1 heterocycles. The molecule has 0 aromatic heterocycles. The lowest BCUT2D eigenvalue weighted by Crippen LogP contribution is -2.35. The molecule has 2 aromatic rings. The van der Waals surface area contributed by atoms with Gasteiger partial charge >= 0.3 is 0 Å². The average Bonchev–Trinajstić information content (AvgIpc) is 2.83. The summed E-state index contributed by atoms with van der Waals surface area (Å²) in [6.45, 7) is 0.961. The van der Waals surface area contributed by atoms with E-state index in [0.29, 0.717) is 35.8 Å². The summed E-state index contributed by atoms with van der Waals surface area (Å²) in [5.41, 5.74) is 1.06. The molecule has 3 rings (SSSR count). The van der Waals surface area contributed by atoms with Crippen LogP contribution in [0.5, 0.6) is 17.2 Å². The minimum atomic E-state index is -3.72. The van der Waals surface area contributed by atoms with Crippen molar-refractivity contribution in [2.24, 2.45) is 0 Å². The molecule has 0 aliphatic carbocycles. The third kappa shape index (κ3) is 5.41.